The summed E-state index contributed by atoms with van der Waals surface area (Å²) < 4.78 is 0. The van der Waals surface area contributed by atoms with Crippen molar-refractivity contribution >= 4 is 5.78 Å². The average molecular weight is 258 g/mol. The van der Waals surface area contributed by atoms with Gasteiger partial charge >= 0.3 is 0 Å². The molecule has 0 aliphatic heterocycles. The van der Waals surface area contributed by atoms with E-state index < -0.39 is 0 Å². The van der Waals surface area contributed by atoms with Crippen LogP contribution >= 0.6 is 0 Å². The van der Waals surface area contributed by atoms with Crippen molar-refractivity contribution in [2.24, 2.45) is 17.3 Å². The fourth-order valence-corrected chi connectivity index (χ4v) is 3.66. The van der Waals surface area contributed by atoms with Crippen LogP contribution in [0.2, 0.25) is 0 Å². The molecule has 1 aromatic rings. The largest absolute Gasteiger partial charge is 0.294 e. The highest BCUT2D eigenvalue weighted by molar-refractivity contribution is 5.98. The fourth-order valence-electron chi connectivity index (χ4n) is 3.66. The van der Waals surface area contributed by atoms with E-state index in [0.717, 1.165) is 5.56 Å². The molecular formula is C18H26O. The molecule has 0 bridgehead atoms. The van der Waals surface area contributed by atoms with E-state index in [1.54, 1.807) is 0 Å². The third-order valence-electron chi connectivity index (χ3n) is 4.97. The second-order valence-electron chi connectivity index (χ2n) is 7.00. The second kappa shape index (κ2) is 5.11. The molecule has 0 amide bonds. The molecule has 0 radical (unpaired) electrons. The van der Waals surface area contributed by atoms with Crippen LogP contribution in [0, 0.1) is 31.1 Å². The summed E-state index contributed by atoms with van der Waals surface area (Å²) in [7, 11) is 0. The van der Waals surface area contributed by atoms with Gasteiger partial charge in [-0.15, -0.1) is 0 Å². The van der Waals surface area contributed by atoms with Crippen molar-refractivity contribution < 1.29 is 4.79 Å². The molecule has 2 rings (SSSR count). The van der Waals surface area contributed by atoms with Gasteiger partial charge < -0.3 is 0 Å². The summed E-state index contributed by atoms with van der Waals surface area (Å²) >= 11 is 0. The minimum atomic E-state index is 0.132. The molecule has 1 aliphatic rings. The van der Waals surface area contributed by atoms with E-state index in [9.17, 15) is 4.79 Å². The first-order valence-corrected chi connectivity index (χ1v) is 7.44. The number of rotatable bonds is 2. The van der Waals surface area contributed by atoms with Gasteiger partial charge in [0.15, 0.2) is 5.78 Å². The van der Waals surface area contributed by atoms with Crippen LogP contribution in [-0.2, 0) is 0 Å². The molecule has 19 heavy (non-hydrogen) atoms. The Morgan fingerprint density at radius 2 is 1.89 bits per heavy atom. The molecular weight excluding hydrogens is 232 g/mol. The average Bonchev–Trinajstić information content (AvgIpc) is 2.31. The van der Waals surface area contributed by atoms with E-state index in [1.807, 2.05) is 6.07 Å². The maximum Gasteiger partial charge on any atom is 0.166 e. The van der Waals surface area contributed by atoms with Gasteiger partial charge in [-0.3, -0.25) is 4.79 Å². The van der Waals surface area contributed by atoms with Crippen LogP contribution in [0.5, 0.6) is 0 Å². The summed E-state index contributed by atoms with van der Waals surface area (Å²) in [6, 6.07) is 6.14. The van der Waals surface area contributed by atoms with Crippen molar-refractivity contribution in [3.8, 4) is 0 Å². The van der Waals surface area contributed by atoms with E-state index in [0.29, 0.717) is 11.7 Å². The SMILES string of the molecule is Cc1ccc(C(=O)[C@@H]2[C@@H](C)CCCC2(C)C)cc1C. The molecule has 0 saturated heterocycles. The lowest BCUT2D eigenvalue weighted by molar-refractivity contribution is 0.0539. The Hall–Kier alpha value is -1.11. The summed E-state index contributed by atoms with van der Waals surface area (Å²) in [4.78, 5) is 12.9. The summed E-state index contributed by atoms with van der Waals surface area (Å²) in [5, 5.41) is 0. The number of carbonyl (C=O) groups excluding carboxylic acids is 1. The number of hydrogen-bond acceptors (Lipinski definition) is 1. The van der Waals surface area contributed by atoms with Gasteiger partial charge in [-0.05, 0) is 55.2 Å². The van der Waals surface area contributed by atoms with Gasteiger partial charge in [-0.1, -0.05) is 39.3 Å². The number of hydrogen-bond donors (Lipinski definition) is 0. The summed E-state index contributed by atoms with van der Waals surface area (Å²) in [5.41, 5.74) is 3.50. The Balaban J connectivity index is 2.33. The van der Waals surface area contributed by atoms with Gasteiger partial charge in [0.05, 0.1) is 0 Å². The van der Waals surface area contributed by atoms with Gasteiger partial charge in [0, 0.05) is 11.5 Å². The van der Waals surface area contributed by atoms with Gasteiger partial charge in [0.1, 0.15) is 0 Å². The topological polar surface area (TPSA) is 17.1 Å². The van der Waals surface area contributed by atoms with Crippen molar-refractivity contribution in [1.29, 1.82) is 0 Å². The van der Waals surface area contributed by atoms with Crippen LogP contribution in [0.1, 0.15) is 61.5 Å². The molecule has 104 valence electrons. The van der Waals surface area contributed by atoms with Crippen LogP contribution in [0.15, 0.2) is 18.2 Å². The molecule has 0 unspecified atom stereocenters. The highest BCUT2D eigenvalue weighted by Crippen LogP contribution is 2.45. The third-order valence-corrected chi connectivity index (χ3v) is 4.97. The van der Waals surface area contributed by atoms with E-state index in [-0.39, 0.29) is 11.3 Å². The number of benzene rings is 1. The molecule has 1 fully saturated rings. The first-order chi connectivity index (χ1) is 8.83. The molecule has 0 aromatic heterocycles. The number of Topliss-reactive ketones (excluding diaryl/α,β-unsaturated/α-hetero) is 1. The molecule has 1 heteroatoms. The monoisotopic (exact) mass is 258 g/mol. The van der Waals surface area contributed by atoms with Crippen molar-refractivity contribution in [3.63, 3.8) is 0 Å². The molecule has 1 aromatic carbocycles. The summed E-state index contributed by atoms with van der Waals surface area (Å²) in [6.07, 6.45) is 3.61. The number of carbonyl (C=O) groups is 1. The van der Waals surface area contributed by atoms with Crippen LogP contribution < -0.4 is 0 Å². The van der Waals surface area contributed by atoms with Gasteiger partial charge in [-0.25, -0.2) is 0 Å². The zero-order chi connectivity index (χ0) is 14.2. The molecule has 1 aliphatic carbocycles. The Morgan fingerprint density at radius 1 is 1.21 bits per heavy atom. The molecule has 1 nitrogen and oxygen atoms in total. The van der Waals surface area contributed by atoms with Crippen molar-refractivity contribution in [1.82, 2.24) is 0 Å². The summed E-state index contributed by atoms with van der Waals surface area (Å²) in [6.45, 7) is 10.9. The van der Waals surface area contributed by atoms with Crippen LogP contribution in [-0.4, -0.2) is 5.78 Å². The molecule has 0 N–H and O–H groups in total. The Kier molecular flexibility index (Phi) is 3.85. The lowest BCUT2D eigenvalue weighted by atomic mass is 9.62. The van der Waals surface area contributed by atoms with Crippen LogP contribution in [0.3, 0.4) is 0 Å². The van der Waals surface area contributed by atoms with Crippen LogP contribution in [0.4, 0.5) is 0 Å². The quantitative estimate of drug-likeness (QED) is 0.686. The Morgan fingerprint density at radius 3 is 2.47 bits per heavy atom. The highest BCUT2D eigenvalue weighted by Gasteiger charge is 2.41. The smallest absolute Gasteiger partial charge is 0.166 e. The van der Waals surface area contributed by atoms with E-state index in [1.165, 1.54) is 30.4 Å². The third kappa shape index (κ3) is 2.75. The van der Waals surface area contributed by atoms with E-state index >= 15 is 0 Å². The normalized spacial score (nSPS) is 26.2. The van der Waals surface area contributed by atoms with E-state index in [4.69, 9.17) is 0 Å². The van der Waals surface area contributed by atoms with Gasteiger partial charge in [0.25, 0.3) is 0 Å². The lowest BCUT2D eigenvalue weighted by Gasteiger charge is -2.42. The zero-order valence-electron chi connectivity index (χ0n) is 12.9. The predicted octanol–water partition coefficient (Wildman–Crippen LogP) is 4.95. The van der Waals surface area contributed by atoms with Crippen LogP contribution in [0.25, 0.3) is 0 Å². The first kappa shape index (κ1) is 14.3. The van der Waals surface area contributed by atoms with Gasteiger partial charge in [0.2, 0.25) is 0 Å². The van der Waals surface area contributed by atoms with Crippen molar-refractivity contribution in [2.75, 3.05) is 0 Å². The molecule has 0 spiro atoms. The molecule has 1 saturated carbocycles. The first-order valence-electron chi connectivity index (χ1n) is 7.44. The Labute approximate surface area is 117 Å². The Bertz CT molecular complexity index is 484. The van der Waals surface area contributed by atoms with Gasteiger partial charge in [-0.2, -0.15) is 0 Å². The standard InChI is InChI=1S/C18H26O/c1-12-8-9-15(11-14(12)3)17(19)16-13(2)7-6-10-18(16,4)5/h8-9,11,13,16H,6-7,10H2,1-5H3/t13-,16-/m0/s1. The number of ketones is 1. The second-order valence-corrected chi connectivity index (χ2v) is 7.00. The lowest BCUT2D eigenvalue weighted by Crippen LogP contribution is -2.39. The maximum atomic E-state index is 12.9. The molecule has 0 heterocycles. The van der Waals surface area contributed by atoms with E-state index in [2.05, 4.69) is 46.8 Å². The minimum absolute atomic E-state index is 0.132. The minimum Gasteiger partial charge on any atom is -0.294 e. The summed E-state index contributed by atoms with van der Waals surface area (Å²) in [5.74, 6) is 1.02. The highest BCUT2D eigenvalue weighted by atomic mass is 16.1. The maximum absolute atomic E-state index is 12.9. The fraction of sp³-hybridized carbons (Fsp3) is 0.611. The number of aryl methyl sites for hydroxylation is 2. The van der Waals surface area contributed by atoms with Crippen molar-refractivity contribution in [3.05, 3.63) is 34.9 Å². The predicted molar refractivity (Wildman–Crippen MR) is 80.5 cm³/mol. The zero-order valence-corrected chi connectivity index (χ0v) is 12.9. The molecule has 2 atom stereocenters. The van der Waals surface area contributed by atoms with Crippen molar-refractivity contribution in [2.45, 2.75) is 53.9 Å².